The molecule has 1 aromatic carbocycles. The number of fused-ring (bicyclic) bond motifs is 1. The summed E-state index contributed by atoms with van der Waals surface area (Å²) in [7, 11) is 1.73. The fourth-order valence-corrected chi connectivity index (χ4v) is 4.12. The molecule has 0 atom stereocenters. The molecule has 10 heteroatoms. The maximum atomic E-state index is 12.6. The molecule has 0 saturated heterocycles. The van der Waals surface area contributed by atoms with Crippen LogP contribution in [0.3, 0.4) is 0 Å². The van der Waals surface area contributed by atoms with Crippen LogP contribution >= 0.6 is 0 Å². The number of rotatable bonds is 4. The average Bonchev–Trinajstić information content (AvgIpc) is 3.33. The van der Waals surface area contributed by atoms with Gasteiger partial charge in [-0.2, -0.15) is 5.10 Å². The van der Waals surface area contributed by atoms with Crippen molar-refractivity contribution in [3.05, 3.63) is 69.8 Å². The van der Waals surface area contributed by atoms with Gasteiger partial charge in [0, 0.05) is 19.2 Å². The maximum absolute atomic E-state index is 12.6. The van der Waals surface area contributed by atoms with Gasteiger partial charge in [0.2, 0.25) is 5.95 Å². The quantitative estimate of drug-likeness (QED) is 0.536. The van der Waals surface area contributed by atoms with Gasteiger partial charge in [-0.15, -0.1) is 5.10 Å². The molecule has 3 aromatic heterocycles. The lowest BCUT2D eigenvalue weighted by Crippen LogP contribution is -2.35. The number of para-hydroxylation sites is 1. The Balaban J connectivity index is 1.32. The van der Waals surface area contributed by atoms with Crippen molar-refractivity contribution in [1.29, 1.82) is 0 Å². The van der Waals surface area contributed by atoms with Gasteiger partial charge in [0.1, 0.15) is 12.7 Å². The standard InChI is InChI=1S/C21H22N8O2/c1-27-20(31)16-4-2-3-5-17(16)25-21(27)24-14-6-8-15(9-7-14)29-19(30)11-10-18(26-29)28-13-22-12-23-28/h2-5,10-15H,6-9H2,1H3,(H,24,25). The number of benzene rings is 1. The van der Waals surface area contributed by atoms with Crippen LogP contribution < -0.4 is 16.4 Å². The summed E-state index contributed by atoms with van der Waals surface area (Å²) in [5, 5.41) is 12.6. The first kappa shape index (κ1) is 19.2. The third-order valence-corrected chi connectivity index (χ3v) is 5.82. The van der Waals surface area contributed by atoms with E-state index in [-0.39, 0.29) is 23.2 Å². The summed E-state index contributed by atoms with van der Waals surface area (Å²) < 4.78 is 4.65. The fraction of sp³-hybridized carbons (Fsp3) is 0.333. The summed E-state index contributed by atoms with van der Waals surface area (Å²) in [6.07, 6.45) is 6.27. The summed E-state index contributed by atoms with van der Waals surface area (Å²) >= 11 is 0. The van der Waals surface area contributed by atoms with Crippen LogP contribution in [0.5, 0.6) is 0 Å². The lowest BCUT2D eigenvalue weighted by molar-refractivity contribution is 0.302. The van der Waals surface area contributed by atoms with Crippen LogP contribution in [0.1, 0.15) is 31.7 Å². The van der Waals surface area contributed by atoms with E-state index in [1.807, 2.05) is 18.2 Å². The number of aromatic nitrogens is 7. The molecular weight excluding hydrogens is 396 g/mol. The summed E-state index contributed by atoms with van der Waals surface area (Å²) in [5.74, 6) is 1.13. The Morgan fingerprint density at radius 2 is 1.84 bits per heavy atom. The molecule has 1 N–H and O–H groups in total. The summed E-state index contributed by atoms with van der Waals surface area (Å²) in [4.78, 5) is 33.6. The normalized spacial score (nSPS) is 18.9. The maximum Gasteiger partial charge on any atom is 0.267 e. The van der Waals surface area contributed by atoms with Crippen LogP contribution in [0.4, 0.5) is 5.95 Å². The predicted octanol–water partition coefficient (Wildman–Crippen LogP) is 1.67. The second kappa shape index (κ2) is 7.78. The molecule has 3 heterocycles. The van der Waals surface area contributed by atoms with E-state index < -0.39 is 0 Å². The minimum atomic E-state index is -0.126. The highest BCUT2D eigenvalue weighted by Gasteiger charge is 2.25. The molecule has 31 heavy (non-hydrogen) atoms. The molecule has 4 aromatic rings. The monoisotopic (exact) mass is 418 g/mol. The number of nitrogens with one attached hydrogen (secondary N) is 1. The molecule has 1 fully saturated rings. The van der Waals surface area contributed by atoms with Crippen LogP contribution in [0, 0.1) is 0 Å². The van der Waals surface area contributed by atoms with Crippen molar-refractivity contribution >= 4 is 16.9 Å². The molecular formula is C21H22N8O2. The molecule has 1 aliphatic carbocycles. The summed E-state index contributed by atoms with van der Waals surface area (Å²) in [6, 6.07) is 10.7. The Morgan fingerprint density at radius 3 is 2.61 bits per heavy atom. The highest BCUT2D eigenvalue weighted by Crippen LogP contribution is 2.28. The first-order valence-electron chi connectivity index (χ1n) is 10.3. The van der Waals surface area contributed by atoms with Gasteiger partial charge in [0.05, 0.1) is 16.9 Å². The van der Waals surface area contributed by atoms with E-state index in [0.717, 1.165) is 25.7 Å². The highest BCUT2D eigenvalue weighted by atomic mass is 16.1. The minimum absolute atomic E-state index is 0.0161. The van der Waals surface area contributed by atoms with Crippen molar-refractivity contribution in [1.82, 2.24) is 34.1 Å². The first-order valence-corrected chi connectivity index (χ1v) is 10.3. The van der Waals surface area contributed by atoms with Gasteiger partial charge in [0.25, 0.3) is 11.1 Å². The average molecular weight is 418 g/mol. The SMILES string of the molecule is Cn1c(NC2CCC(n3nc(-n4cncn4)ccc3=O)CC2)nc2ccccc2c1=O. The van der Waals surface area contributed by atoms with E-state index >= 15 is 0 Å². The highest BCUT2D eigenvalue weighted by molar-refractivity contribution is 5.78. The smallest absolute Gasteiger partial charge is 0.267 e. The molecule has 0 aliphatic heterocycles. The van der Waals surface area contributed by atoms with Crippen LogP contribution in [-0.2, 0) is 7.05 Å². The summed E-state index contributed by atoms with van der Waals surface area (Å²) in [5.41, 5.74) is 0.490. The molecule has 5 rings (SSSR count). The zero-order chi connectivity index (χ0) is 21.4. The van der Waals surface area contributed by atoms with E-state index in [2.05, 4.69) is 25.5 Å². The van der Waals surface area contributed by atoms with Gasteiger partial charge in [-0.25, -0.2) is 19.3 Å². The van der Waals surface area contributed by atoms with E-state index in [4.69, 9.17) is 0 Å². The van der Waals surface area contributed by atoms with Crippen LogP contribution in [0.2, 0.25) is 0 Å². The molecule has 1 aliphatic rings. The second-order valence-corrected chi connectivity index (χ2v) is 7.78. The van der Waals surface area contributed by atoms with Crippen molar-refractivity contribution in [2.45, 2.75) is 37.8 Å². The first-order chi connectivity index (χ1) is 15.1. The van der Waals surface area contributed by atoms with Gasteiger partial charge in [-0.3, -0.25) is 14.2 Å². The van der Waals surface area contributed by atoms with Crippen molar-refractivity contribution in [2.75, 3.05) is 5.32 Å². The van der Waals surface area contributed by atoms with Gasteiger partial charge < -0.3 is 5.32 Å². The lowest BCUT2D eigenvalue weighted by atomic mass is 9.91. The third-order valence-electron chi connectivity index (χ3n) is 5.82. The molecule has 0 amide bonds. The van der Waals surface area contributed by atoms with E-state index in [1.54, 1.807) is 34.8 Å². The van der Waals surface area contributed by atoms with Gasteiger partial charge in [0.15, 0.2) is 5.82 Å². The van der Waals surface area contributed by atoms with Crippen molar-refractivity contribution < 1.29 is 0 Å². The molecule has 0 radical (unpaired) electrons. The number of hydrogen-bond acceptors (Lipinski definition) is 7. The van der Waals surface area contributed by atoms with Crippen molar-refractivity contribution in [3.8, 4) is 5.82 Å². The molecule has 0 spiro atoms. The van der Waals surface area contributed by atoms with Crippen molar-refractivity contribution in [3.63, 3.8) is 0 Å². The van der Waals surface area contributed by atoms with Crippen LogP contribution in [0.25, 0.3) is 16.7 Å². The van der Waals surface area contributed by atoms with Gasteiger partial charge in [-0.05, 0) is 43.9 Å². The minimum Gasteiger partial charge on any atom is -0.353 e. The number of nitrogens with zero attached hydrogens (tertiary/aromatic N) is 7. The molecule has 0 bridgehead atoms. The van der Waals surface area contributed by atoms with E-state index in [9.17, 15) is 9.59 Å². The molecule has 10 nitrogen and oxygen atoms in total. The Morgan fingerprint density at radius 1 is 1.03 bits per heavy atom. The van der Waals surface area contributed by atoms with Crippen LogP contribution in [-0.4, -0.2) is 40.1 Å². The van der Waals surface area contributed by atoms with Crippen molar-refractivity contribution in [2.24, 2.45) is 7.05 Å². The number of hydrogen-bond donors (Lipinski definition) is 1. The Labute approximate surface area is 177 Å². The Hall–Kier alpha value is -3.82. The number of anilines is 1. The van der Waals surface area contributed by atoms with E-state index in [0.29, 0.717) is 22.7 Å². The molecule has 1 saturated carbocycles. The predicted molar refractivity (Wildman–Crippen MR) is 115 cm³/mol. The molecule has 158 valence electrons. The fourth-order valence-electron chi connectivity index (χ4n) is 4.12. The third kappa shape index (κ3) is 3.60. The zero-order valence-electron chi connectivity index (χ0n) is 17.0. The largest absolute Gasteiger partial charge is 0.353 e. The molecule has 0 unspecified atom stereocenters. The zero-order valence-corrected chi connectivity index (χ0v) is 17.0. The van der Waals surface area contributed by atoms with E-state index in [1.165, 1.54) is 17.1 Å². The van der Waals surface area contributed by atoms with Crippen LogP contribution in [0.15, 0.2) is 58.6 Å². The lowest BCUT2D eigenvalue weighted by Gasteiger charge is -2.30. The Kier molecular flexibility index (Phi) is 4.81. The summed E-state index contributed by atoms with van der Waals surface area (Å²) in [6.45, 7) is 0. The van der Waals surface area contributed by atoms with Gasteiger partial charge in [-0.1, -0.05) is 12.1 Å². The topological polar surface area (TPSA) is 113 Å². The second-order valence-electron chi connectivity index (χ2n) is 7.78. The van der Waals surface area contributed by atoms with Gasteiger partial charge >= 0.3 is 0 Å². The Bertz CT molecular complexity index is 1330.